The van der Waals surface area contributed by atoms with E-state index in [2.05, 4.69) is 42.9 Å². The Balaban J connectivity index is 2.27. The zero-order valence-corrected chi connectivity index (χ0v) is 11.5. The summed E-state index contributed by atoms with van der Waals surface area (Å²) in [5.41, 5.74) is 3.05. The van der Waals surface area contributed by atoms with Crippen LogP contribution in [0.5, 0.6) is 0 Å². The lowest BCUT2D eigenvalue weighted by molar-refractivity contribution is 0.106. The lowest BCUT2D eigenvalue weighted by atomic mass is 9.89. The summed E-state index contributed by atoms with van der Waals surface area (Å²) in [6, 6.07) is 3.68. The van der Waals surface area contributed by atoms with Gasteiger partial charge in [-0.15, -0.1) is 0 Å². The fourth-order valence-electron chi connectivity index (χ4n) is 3.26. The Morgan fingerprint density at radius 3 is 2.76 bits per heavy atom. The first-order chi connectivity index (χ1) is 8.31. The molecule has 17 heavy (non-hydrogen) atoms. The van der Waals surface area contributed by atoms with Crippen molar-refractivity contribution < 1.29 is 0 Å². The molecule has 1 N–H and O–H groups in total. The number of hydrogen-bond donors (Lipinski definition) is 1. The summed E-state index contributed by atoms with van der Waals surface area (Å²) >= 11 is 0. The van der Waals surface area contributed by atoms with Crippen LogP contribution in [0, 0.1) is 0 Å². The van der Waals surface area contributed by atoms with E-state index in [1.165, 1.54) is 44.3 Å². The van der Waals surface area contributed by atoms with Crippen molar-refractivity contribution in [3.8, 4) is 0 Å². The molecule has 1 aliphatic rings. The minimum Gasteiger partial charge on any atom is -0.365 e. The number of rotatable bonds is 5. The van der Waals surface area contributed by atoms with E-state index in [-0.39, 0.29) is 0 Å². The van der Waals surface area contributed by atoms with Crippen molar-refractivity contribution >= 4 is 0 Å². The Bertz CT molecular complexity index is 342. The number of aromatic amines is 1. The highest BCUT2D eigenvalue weighted by atomic mass is 15.2. The van der Waals surface area contributed by atoms with Gasteiger partial charge in [0.15, 0.2) is 0 Å². The second kappa shape index (κ2) is 5.72. The van der Waals surface area contributed by atoms with Crippen LogP contribution in [0.15, 0.2) is 12.3 Å². The third-order valence-electron chi connectivity index (χ3n) is 4.05. The standard InChI is InChI=1S/C15H26N2/c1-4-7-15-13-8-9-16-14(13)11-12(6-3)17(15)10-5-2/h8-9,12,15-16H,4-7,10-11H2,1-3H3/t12-,15-/m1/s1. The minimum absolute atomic E-state index is 0.653. The van der Waals surface area contributed by atoms with E-state index < -0.39 is 0 Å². The lowest BCUT2D eigenvalue weighted by Gasteiger charge is -2.42. The van der Waals surface area contributed by atoms with Crippen LogP contribution in [-0.4, -0.2) is 22.5 Å². The van der Waals surface area contributed by atoms with Crippen LogP contribution in [0.1, 0.15) is 63.8 Å². The summed E-state index contributed by atoms with van der Waals surface area (Å²) in [7, 11) is 0. The molecule has 2 atom stereocenters. The SMILES string of the molecule is CCC[C@@H]1c2cc[nH]c2C[C@@H](CC)N1CCC. The molecule has 0 aromatic carbocycles. The zero-order chi connectivity index (χ0) is 12.3. The molecule has 0 bridgehead atoms. The molecule has 2 rings (SSSR count). The molecule has 1 aromatic rings. The van der Waals surface area contributed by atoms with Gasteiger partial charge in [-0.2, -0.15) is 0 Å². The molecule has 96 valence electrons. The molecule has 1 aliphatic heterocycles. The van der Waals surface area contributed by atoms with Gasteiger partial charge in [0.25, 0.3) is 0 Å². The van der Waals surface area contributed by atoms with Crippen LogP contribution in [0.2, 0.25) is 0 Å². The smallest absolute Gasteiger partial charge is 0.0368 e. The van der Waals surface area contributed by atoms with Crippen LogP contribution >= 0.6 is 0 Å². The molecule has 0 amide bonds. The molecule has 1 aromatic heterocycles. The van der Waals surface area contributed by atoms with E-state index in [1.807, 2.05) is 0 Å². The minimum atomic E-state index is 0.653. The molecular formula is C15H26N2. The average molecular weight is 234 g/mol. The van der Waals surface area contributed by atoms with Gasteiger partial charge < -0.3 is 4.98 Å². The Morgan fingerprint density at radius 1 is 1.29 bits per heavy atom. The maximum atomic E-state index is 3.45. The molecule has 0 saturated heterocycles. The Hall–Kier alpha value is -0.760. The topological polar surface area (TPSA) is 19.0 Å². The predicted octanol–water partition coefficient (Wildman–Crippen LogP) is 3.90. The number of nitrogens with zero attached hydrogens (tertiary/aromatic N) is 1. The molecule has 2 nitrogen and oxygen atoms in total. The first kappa shape index (κ1) is 12.7. The normalized spacial score (nSPS) is 24.9. The van der Waals surface area contributed by atoms with Gasteiger partial charge in [-0.1, -0.05) is 27.2 Å². The summed E-state index contributed by atoms with van der Waals surface area (Å²) in [5, 5.41) is 0. The van der Waals surface area contributed by atoms with E-state index in [4.69, 9.17) is 0 Å². The Labute approximate surface area is 105 Å². The maximum Gasteiger partial charge on any atom is 0.0368 e. The summed E-state index contributed by atoms with van der Waals surface area (Å²) in [5.74, 6) is 0. The first-order valence-electron chi connectivity index (χ1n) is 7.23. The molecule has 0 spiro atoms. The van der Waals surface area contributed by atoms with Crippen molar-refractivity contribution in [1.29, 1.82) is 0 Å². The summed E-state index contributed by atoms with van der Waals surface area (Å²) in [4.78, 5) is 6.20. The highest BCUT2D eigenvalue weighted by Gasteiger charge is 2.32. The number of nitrogens with one attached hydrogen (secondary N) is 1. The number of fused-ring (bicyclic) bond motifs is 1. The predicted molar refractivity (Wildman–Crippen MR) is 73.2 cm³/mol. The second-order valence-corrected chi connectivity index (χ2v) is 5.22. The first-order valence-corrected chi connectivity index (χ1v) is 7.23. The zero-order valence-electron chi connectivity index (χ0n) is 11.5. The van der Waals surface area contributed by atoms with E-state index in [9.17, 15) is 0 Å². The number of H-pyrrole nitrogens is 1. The molecule has 0 radical (unpaired) electrons. The van der Waals surface area contributed by atoms with Gasteiger partial charge in [-0.3, -0.25) is 4.90 Å². The third kappa shape index (κ3) is 2.42. The fraction of sp³-hybridized carbons (Fsp3) is 0.733. The fourth-order valence-corrected chi connectivity index (χ4v) is 3.26. The lowest BCUT2D eigenvalue weighted by Crippen LogP contribution is -2.43. The second-order valence-electron chi connectivity index (χ2n) is 5.22. The Kier molecular flexibility index (Phi) is 4.27. The van der Waals surface area contributed by atoms with Crippen LogP contribution < -0.4 is 0 Å². The van der Waals surface area contributed by atoms with E-state index >= 15 is 0 Å². The van der Waals surface area contributed by atoms with Gasteiger partial charge in [0, 0.05) is 30.4 Å². The van der Waals surface area contributed by atoms with Gasteiger partial charge in [0.1, 0.15) is 0 Å². The number of aromatic nitrogens is 1. The van der Waals surface area contributed by atoms with Crippen molar-refractivity contribution in [2.75, 3.05) is 6.54 Å². The van der Waals surface area contributed by atoms with Crippen molar-refractivity contribution in [3.05, 3.63) is 23.5 Å². The molecular weight excluding hydrogens is 208 g/mol. The van der Waals surface area contributed by atoms with Crippen molar-refractivity contribution in [1.82, 2.24) is 9.88 Å². The largest absolute Gasteiger partial charge is 0.365 e. The molecule has 2 heteroatoms. The maximum absolute atomic E-state index is 3.45. The van der Waals surface area contributed by atoms with Crippen molar-refractivity contribution in [3.63, 3.8) is 0 Å². The highest BCUT2D eigenvalue weighted by molar-refractivity contribution is 5.28. The Morgan fingerprint density at radius 2 is 2.12 bits per heavy atom. The van der Waals surface area contributed by atoms with Gasteiger partial charge in [-0.25, -0.2) is 0 Å². The van der Waals surface area contributed by atoms with E-state index in [1.54, 1.807) is 5.56 Å². The molecule has 0 fully saturated rings. The molecule has 2 heterocycles. The van der Waals surface area contributed by atoms with Gasteiger partial charge in [0.2, 0.25) is 0 Å². The molecule has 0 saturated carbocycles. The monoisotopic (exact) mass is 234 g/mol. The molecule has 0 unspecified atom stereocenters. The van der Waals surface area contributed by atoms with E-state index in [0.717, 1.165) is 6.04 Å². The van der Waals surface area contributed by atoms with Crippen molar-refractivity contribution in [2.45, 2.75) is 65.0 Å². The van der Waals surface area contributed by atoms with Crippen LogP contribution in [0.4, 0.5) is 0 Å². The number of hydrogen-bond acceptors (Lipinski definition) is 1. The van der Waals surface area contributed by atoms with Crippen LogP contribution in [0.3, 0.4) is 0 Å². The van der Waals surface area contributed by atoms with Gasteiger partial charge in [0.05, 0.1) is 0 Å². The van der Waals surface area contributed by atoms with Gasteiger partial charge in [-0.05, 0) is 37.4 Å². The highest BCUT2D eigenvalue weighted by Crippen LogP contribution is 2.36. The van der Waals surface area contributed by atoms with Gasteiger partial charge >= 0.3 is 0 Å². The van der Waals surface area contributed by atoms with E-state index in [0.29, 0.717) is 6.04 Å². The summed E-state index contributed by atoms with van der Waals surface area (Å²) in [6.07, 6.45) is 8.41. The third-order valence-corrected chi connectivity index (χ3v) is 4.05. The van der Waals surface area contributed by atoms with Crippen molar-refractivity contribution in [2.24, 2.45) is 0 Å². The summed E-state index contributed by atoms with van der Waals surface area (Å²) in [6.45, 7) is 8.16. The van der Waals surface area contributed by atoms with Crippen LogP contribution in [-0.2, 0) is 6.42 Å². The quantitative estimate of drug-likeness (QED) is 0.818. The molecule has 0 aliphatic carbocycles. The summed E-state index contributed by atoms with van der Waals surface area (Å²) < 4.78 is 0. The average Bonchev–Trinajstić information content (AvgIpc) is 2.79. The van der Waals surface area contributed by atoms with Crippen LogP contribution in [0.25, 0.3) is 0 Å².